The number of hydrogen-bond donors (Lipinski definition) is 1. The molecule has 5 aromatic rings. The van der Waals surface area contributed by atoms with Gasteiger partial charge in [-0.05, 0) is 25.0 Å². The van der Waals surface area contributed by atoms with Gasteiger partial charge in [-0.3, -0.25) is 9.36 Å². The fourth-order valence-corrected chi connectivity index (χ4v) is 7.05. The van der Waals surface area contributed by atoms with Crippen LogP contribution < -0.4 is 5.32 Å². The van der Waals surface area contributed by atoms with E-state index in [9.17, 15) is 9.59 Å². The van der Waals surface area contributed by atoms with E-state index in [-0.39, 0.29) is 11.7 Å². The Morgan fingerprint density at radius 1 is 1.00 bits per heavy atom. The first-order valence-corrected chi connectivity index (χ1v) is 15.5. The molecular weight excluding hydrogens is 573 g/mol. The van der Waals surface area contributed by atoms with Crippen molar-refractivity contribution in [3.05, 3.63) is 94.0 Å². The second-order valence-corrected chi connectivity index (χ2v) is 12.1. The van der Waals surface area contributed by atoms with E-state index in [1.165, 1.54) is 35.1 Å². The second-order valence-electron chi connectivity index (χ2n) is 9.20. The van der Waals surface area contributed by atoms with Crippen LogP contribution in [0.1, 0.15) is 20.8 Å². The third-order valence-electron chi connectivity index (χ3n) is 6.44. The highest BCUT2D eigenvalue weighted by Gasteiger charge is 2.24. The molecule has 10 heteroatoms. The van der Waals surface area contributed by atoms with Crippen LogP contribution in [0.15, 0.2) is 83.2 Å². The zero-order chi connectivity index (χ0) is 28.9. The van der Waals surface area contributed by atoms with Crippen molar-refractivity contribution in [2.24, 2.45) is 0 Å². The lowest BCUT2D eigenvalue weighted by Crippen LogP contribution is -2.16. The summed E-state index contributed by atoms with van der Waals surface area (Å²) in [4.78, 5) is 27.0. The summed E-state index contributed by atoms with van der Waals surface area (Å²) in [5.74, 6) is 0.0518. The first-order valence-electron chi connectivity index (χ1n) is 12.8. The van der Waals surface area contributed by atoms with Crippen LogP contribution in [-0.4, -0.2) is 39.5 Å². The molecule has 0 spiro atoms. The van der Waals surface area contributed by atoms with E-state index in [1.54, 1.807) is 17.4 Å². The average Bonchev–Trinajstić information content (AvgIpc) is 3.69. The molecule has 7 nitrogen and oxygen atoms in total. The quantitative estimate of drug-likeness (QED) is 0.100. The van der Waals surface area contributed by atoms with E-state index < -0.39 is 5.97 Å². The third kappa shape index (κ3) is 6.04. The molecule has 0 radical (unpaired) electrons. The van der Waals surface area contributed by atoms with Crippen molar-refractivity contribution in [3.8, 4) is 33.6 Å². The fourth-order valence-electron chi connectivity index (χ4n) is 4.46. The summed E-state index contributed by atoms with van der Waals surface area (Å²) in [5, 5.41) is 16.9. The minimum Gasteiger partial charge on any atom is -0.465 e. The van der Waals surface area contributed by atoms with Gasteiger partial charge >= 0.3 is 5.97 Å². The van der Waals surface area contributed by atoms with Crippen LogP contribution in [0.4, 0.5) is 5.00 Å². The highest BCUT2D eigenvalue weighted by molar-refractivity contribution is 7.99. The topological polar surface area (TPSA) is 86.1 Å². The minimum atomic E-state index is -0.500. The number of carbonyl (C=O) groups excluding carboxylic acids is 2. The number of amides is 1. The Hall–Kier alpha value is -3.99. The molecule has 0 aliphatic heterocycles. The van der Waals surface area contributed by atoms with Gasteiger partial charge in [-0.15, -0.1) is 39.4 Å². The number of nitrogens with one attached hydrogen (secondary N) is 1. The van der Waals surface area contributed by atoms with Crippen molar-refractivity contribution < 1.29 is 14.3 Å². The zero-order valence-corrected chi connectivity index (χ0v) is 25.3. The number of rotatable bonds is 10. The van der Waals surface area contributed by atoms with E-state index in [1.807, 2.05) is 59.3 Å². The summed E-state index contributed by atoms with van der Waals surface area (Å²) < 4.78 is 7.02. The van der Waals surface area contributed by atoms with Crippen molar-refractivity contribution >= 4 is 51.3 Å². The summed E-state index contributed by atoms with van der Waals surface area (Å²) in [6.07, 6.45) is 1.79. The minimum absolute atomic E-state index is 0.0852. The summed E-state index contributed by atoms with van der Waals surface area (Å²) in [7, 11) is 1.34. The van der Waals surface area contributed by atoms with Crippen LogP contribution in [0.5, 0.6) is 0 Å². The maximum absolute atomic E-state index is 13.1. The molecular formula is C31H28N4O3S3. The van der Waals surface area contributed by atoms with Gasteiger partial charge in [0.05, 0.1) is 12.9 Å². The van der Waals surface area contributed by atoms with E-state index in [0.29, 0.717) is 22.3 Å². The van der Waals surface area contributed by atoms with Gasteiger partial charge in [-0.25, -0.2) is 4.79 Å². The van der Waals surface area contributed by atoms with Crippen LogP contribution >= 0.6 is 34.4 Å². The number of thiophene rings is 2. The molecule has 0 bridgehead atoms. The number of benzene rings is 2. The molecule has 0 aliphatic carbocycles. The normalized spacial score (nSPS) is 10.9. The van der Waals surface area contributed by atoms with Crippen molar-refractivity contribution in [2.45, 2.75) is 25.5 Å². The molecule has 3 heterocycles. The average molecular weight is 601 g/mol. The van der Waals surface area contributed by atoms with E-state index in [0.717, 1.165) is 39.2 Å². The molecule has 0 fully saturated rings. The highest BCUT2D eigenvalue weighted by atomic mass is 32.2. The smallest absolute Gasteiger partial charge is 0.341 e. The summed E-state index contributed by atoms with van der Waals surface area (Å²) in [6, 6.07) is 18.1. The van der Waals surface area contributed by atoms with E-state index in [2.05, 4.69) is 46.5 Å². The molecule has 0 unspecified atom stereocenters. The molecule has 0 aliphatic rings. The highest BCUT2D eigenvalue weighted by Crippen LogP contribution is 2.40. The Balaban J connectivity index is 1.37. The van der Waals surface area contributed by atoms with Gasteiger partial charge in [-0.2, -0.15) is 0 Å². The third-order valence-corrected chi connectivity index (χ3v) is 9.21. The number of ether oxygens (including phenoxy) is 1. The van der Waals surface area contributed by atoms with Crippen molar-refractivity contribution in [1.29, 1.82) is 0 Å². The largest absolute Gasteiger partial charge is 0.465 e. The predicted molar refractivity (Wildman–Crippen MR) is 169 cm³/mol. The fraction of sp³-hybridized carbons (Fsp3) is 0.161. The van der Waals surface area contributed by atoms with Crippen molar-refractivity contribution in [3.63, 3.8) is 0 Å². The van der Waals surface area contributed by atoms with Crippen LogP contribution in [0, 0.1) is 13.8 Å². The Kier molecular flexibility index (Phi) is 8.82. The van der Waals surface area contributed by atoms with Crippen LogP contribution in [0.3, 0.4) is 0 Å². The van der Waals surface area contributed by atoms with Gasteiger partial charge in [0.2, 0.25) is 5.91 Å². The lowest BCUT2D eigenvalue weighted by molar-refractivity contribution is -0.113. The Labute approximate surface area is 250 Å². The number of nitrogens with zero attached hydrogens (tertiary/aromatic N) is 3. The predicted octanol–water partition coefficient (Wildman–Crippen LogP) is 7.72. The maximum atomic E-state index is 13.1. The number of hydrogen-bond acceptors (Lipinski definition) is 8. The SMILES string of the molecule is C=CCn1c(SCC(=O)Nc2scc(-c3ccc(C)cc3)c2C(=O)OC)nnc1-c1csc(C)c1-c1ccccc1. The van der Waals surface area contributed by atoms with Gasteiger partial charge in [-0.1, -0.05) is 78.0 Å². The number of esters is 1. The van der Waals surface area contributed by atoms with Gasteiger partial charge in [0, 0.05) is 38.9 Å². The number of allylic oxidation sites excluding steroid dienone is 1. The number of carbonyl (C=O) groups is 2. The van der Waals surface area contributed by atoms with Crippen LogP contribution in [0.25, 0.3) is 33.6 Å². The summed E-state index contributed by atoms with van der Waals surface area (Å²) >= 11 is 4.25. The molecule has 0 atom stereocenters. The Morgan fingerprint density at radius 2 is 1.73 bits per heavy atom. The zero-order valence-electron chi connectivity index (χ0n) is 22.8. The summed E-state index contributed by atoms with van der Waals surface area (Å²) in [6.45, 7) is 8.51. The maximum Gasteiger partial charge on any atom is 0.341 e. The van der Waals surface area contributed by atoms with Crippen molar-refractivity contribution in [1.82, 2.24) is 14.8 Å². The van der Waals surface area contributed by atoms with E-state index in [4.69, 9.17) is 4.74 Å². The number of anilines is 1. The molecule has 208 valence electrons. The number of thioether (sulfide) groups is 1. The monoisotopic (exact) mass is 600 g/mol. The lowest BCUT2D eigenvalue weighted by atomic mass is 10.0. The van der Waals surface area contributed by atoms with E-state index >= 15 is 0 Å². The first-order chi connectivity index (χ1) is 19.9. The van der Waals surface area contributed by atoms with Gasteiger partial charge in [0.25, 0.3) is 0 Å². The standard InChI is InChI=1S/C31H28N4O3S3/c1-5-15-35-28(24-17-39-20(3)26(24)22-9-7-6-8-10-22)33-34-31(35)41-18-25(36)32-29-27(30(37)38-4)23(16-40-29)21-13-11-19(2)12-14-21/h5-14,16-17H,1,15,18H2,2-4H3,(H,32,36). The number of methoxy groups -OCH3 is 1. The van der Waals surface area contributed by atoms with Crippen LogP contribution in [-0.2, 0) is 16.1 Å². The Morgan fingerprint density at radius 3 is 2.44 bits per heavy atom. The van der Waals surface area contributed by atoms with Crippen molar-refractivity contribution in [2.75, 3.05) is 18.2 Å². The van der Waals surface area contributed by atoms with Crippen LogP contribution in [0.2, 0.25) is 0 Å². The number of aryl methyl sites for hydroxylation is 2. The second kappa shape index (κ2) is 12.7. The molecule has 3 aromatic heterocycles. The van der Waals surface area contributed by atoms with Gasteiger partial charge < -0.3 is 10.1 Å². The van der Waals surface area contributed by atoms with Gasteiger partial charge in [0.1, 0.15) is 10.6 Å². The molecule has 0 saturated carbocycles. The molecule has 0 saturated heterocycles. The molecule has 1 amide bonds. The Bertz CT molecular complexity index is 1700. The lowest BCUT2D eigenvalue weighted by Gasteiger charge is -2.10. The molecule has 41 heavy (non-hydrogen) atoms. The molecule has 1 N–H and O–H groups in total. The first kappa shape index (κ1) is 28.5. The van der Waals surface area contributed by atoms with Gasteiger partial charge in [0.15, 0.2) is 11.0 Å². The summed E-state index contributed by atoms with van der Waals surface area (Å²) in [5.41, 5.74) is 6.30. The molecule has 2 aromatic carbocycles. The number of aromatic nitrogens is 3. The molecule has 5 rings (SSSR count).